The first kappa shape index (κ1) is 16.1. The second kappa shape index (κ2) is 7.13. The number of benzene rings is 1. The topological polar surface area (TPSA) is 79.3 Å². The van der Waals surface area contributed by atoms with Crippen molar-refractivity contribution in [3.63, 3.8) is 0 Å². The fourth-order valence-electron chi connectivity index (χ4n) is 1.94. The summed E-state index contributed by atoms with van der Waals surface area (Å²) in [6.45, 7) is 1.93. The smallest absolute Gasteiger partial charge is 0.347 e. The van der Waals surface area contributed by atoms with Crippen LogP contribution < -0.4 is 5.32 Å². The molecule has 0 fully saturated rings. The molecule has 0 aliphatic rings. The molecule has 1 amide bonds. The fourth-order valence-corrected chi connectivity index (χ4v) is 2.89. The number of nitrogens with one attached hydrogen (secondary N) is 1. The van der Waals surface area contributed by atoms with E-state index in [1.54, 1.807) is 6.07 Å². The first-order chi connectivity index (χ1) is 10.5. The third-order valence-electron chi connectivity index (χ3n) is 2.88. The van der Waals surface area contributed by atoms with Crippen LogP contribution in [0.15, 0.2) is 24.3 Å². The van der Waals surface area contributed by atoms with Crippen LogP contribution >= 0.6 is 11.3 Å². The third kappa shape index (κ3) is 3.88. The number of anilines is 1. The first-order valence-electron chi connectivity index (χ1n) is 6.77. The summed E-state index contributed by atoms with van der Waals surface area (Å²) in [6.07, 6.45) is 1.24. The number of hydrogen-bond acceptors (Lipinski definition) is 4. The number of carboxylic acid groups (broad SMARTS) is 1. The van der Waals surface area contributed by atoms with Gasteiger partial charge in [0.2, 0.25) is 5.91 Å². The molecule has 0 aliphatic heterocycles. The number of carbonyl (C=O) groups excluding carboxylic acids is 1. The second-order valence-corrected chi connectivity index (χ2v) is 5.73. The quantitative estimate of drug-likeness (QED) is 0.856. The average molecular weight is 322 g/mol. The largest absolute Gasteiger partial charge is 0.477 e. The van der Waals surface area contributed by atoms with E-state index in [4.69, 9.17) is 5.11 Å². The number of carboxylic acids is 1. The number of nitrogens with zero attached hydrogens (tertiary/aromatic N) is 1. The van der Waals surface area contributed by atoms with Crippen LogP contribution in [0.1, 0.15) is 33.7 Å². The number of aromatic carboxylic acids is 1. The molecule has 0 aliphatic carbocycles. The molecule has 0 saturated heterocycles. The van der Waals surface area contributed by atoms with Gasteiger partial charge in [-0.15, -0.1) is 11.3 Å². The summed E-state index contributed by atoms with van der Waals surface area (Å²) in [5, 5.41) is 12.0. The van der Waals surface area contributed by atoms with Crippen molar-refractivity contribution in [2.45, 2.75) is 26.2 Å². The van der Waals surface area contributed by atoms with Crippen LogP contribution in [0.5, 0.6) is 0 Å². The number of amides is 1. The van der Waals surface area contributed by atoms with Crippen LogP contribution in [-0.4, -0.2) is 22.0 Å². The summed E-state index contributed by atoms with van der Waals surface area (Å²) in [5.41, 5.74) is 0.588. The van der Waals surface area contributed by atoms with Gasteiger partial charge < -0.3 is 10.4 Å². The molecular formula is C15H15FN2O3S. The number of thiazole rings is 1. The summed E-state index contributed by atoms with van der Waals surface area (Å²) in [4.78, 5) is 27.4. The highest BCUT2D eigenvalue weighted by atomic mass is 32.1. The molecule has 1 heterocycles. The van der Waals surface area contributed by atoms with Gasteiger partial charge >= 0.3 is 5.97 Å². The number of aromatic nitrogens is 1. The van der Waals surface area contributed by atoms with E-state index in [1.807, 2.05) is 6.92 Å². The zero-order chi connectivity index (χ0) is 16.1. The van der Waals surface area contributed by atoms with Crippen molar-refractivity contribution in [1.82, 2.24) is 4.98 Å². The molecule has 7 heteroatoms. The lowest BCUT2D eigenvalue weighted by Crippen LogP contribution is -2.15. The predicted molar refractivity (Wildman–Crippen MR) is 81.8 cm³/mol. The van der Waals surface area contributed by atoms with Crippen molar-refractivity contribution in [1.29, 1.82) is 0 Å². The predicted octanol–water partition coefficient (Wildman–Crippen LogP) is 3.11. The Kier molecular flexibility index (Phi) is 5.21. The van der Waals surface area contributed by atoms with Gasteiger partial charge in [0.05, 0.1) is 17.8 Å². The number of para-hydroxylation sites is 1. The zero-order valence-electron chi connectivity index (χ0n) is 11.9. The molecular weight excluding hydrogens is 307 g/mol. The van der Waals surface area contributed by atoms with Gasteiger partial charge in [0, 0.05) is 0 Å². The van der Waals surface area contributed by atoms with E-state index in [2.05, 4.69) is 10.3 Å². The van der Waals surface area contributed by atoms with Gasteiger partial charge in [-0.3, -0.25) is 4.79 Å². The van der Waals surface area contributed by atoms with Gasteiger partial charge in [0.1, 0.15) is 15.7 Å². The van der Waals surface area contributed by atoms with Gasteiger partial charge in [0.25, 0.3) is 0 Å². The summed E-state index contributed by atoms with van der Waals surface area (Å²) in [7, 11) is 0. The molecule has 2 aromatic rings. The lowest BCUT2D eigenvalue weighted by Gasteiger charge is -2.04. The molecule has 5 nitrogen and oxygen atoms in total. The summed E-state index contributed by atoms with van der Waals surface area (Å²) >= 11 is 0.985. The number of aryl methyl sites for hydroxylation is 1. The van der Waals surface area contributed by atoms with Crippen molar-refractivity contribution in [3.05, 3.63) is 45.7 Å². The van der Waals surface area contributed by atoms with Crippen LogP contribution in [0.3, 0.4) is 0 Å². The molecule has 22 heavy (non-hydrogen) atoms. The van der Waals surface area contributed by atoms with Crippen molar-refractivity contribution in [3.8, 4) is 0 Å². The summed E-state index contributed by atoms with van der Waals surface area (Å²) in [5.74, 6) is -1.99. The van der Waals surface area contributed by atoms with Crippen molar-refractivity contribution < 1.29 is 19.1 Å². The van der Waals surface area contributed by atoms with E-state index in [9.17, 15) is 14.0 Å². The minimum absolute atomic E-state index is 0.0804. The molecule has 0 spiro atoms. The number of carbonyl (C=O) groups is 2. The molecule has 0 bridgehead atoms. The van der Waals surface area contributed by atoms with Gasteiger partial charge in [-0.25, -0.2) is 14.2 Å². The van der Waals surface area contributed by atoms with E-state index in [0.717, 1.165) is 17.8 Å². The lowest BCUT2D eigenvalue weighted by molar-refractivity contribution is -0.115. The fraction of sp³-hybridized carbons (Fsp3) is 0.267. The molecule has 0 radical (unpaired) electrons. The zero-order valence-corrected chi connectivity index (χ0v) is 12.7. The maximum Gasteiger partial charge on any atom is 0.347 e. The van der Waals surface area contributed by atoms with Crippen molar-refractivity contribution >= 4 is 28.9 Å². The average Bonchev–Trinajstić information content (AvgIpc) is 2.84. The maximum atomic E-state index is 13.5. The van der Waals surface area contributed by atoms with E-state index < -0.39 is 17.7 Å². The highest BCUT2D eigenvalue weighted by Gasteiger charge is 2.18. The Bertz CT molecular complexity index is 700. The Balaban J connectivity index is 2.10. The van der Waals surface area contributed by atoms with E-state index in [0.29, 0.717) is 17.1 Å². The van der Waals surface area contributed by atoms with Crippen LogP contribution in [0.25, 0.3) is 0 Å². The summed E-state index contributed by atoms with van der Waals surface area (Å²) < 4.78 is 13.5. The number of halogens is 1. The minimum Gasteiger partial charge on any atom is -0.477 e. The van der Waals surface area contributed by atoms with Crippen molar-refractivity contribution in [2.75, 3.05) is 5.32 Å². The third-order valence-corrected chi connectivity index (χ3v) is 3.97. The second-order valence-electron chi connectivity index (χ2n) is 4.64. The molecule has 2 N–H and O–H groups in total. The number of hydrogen-bond donors (Lipinski definition) is 2. The van der Waals surface area contributed by atoms with E-state index in [-0.39, 0.29) is 17.0 Å². The van der Waals surface area contributed by atoms with Crippen LogP contribution in [0.4, 0.5) is 10.1 Å². The Hall–Kier alpha value is -2.28. The van der Waals surface area contributed by atoms with Gasteiger partial charge in [-0.2, -0.15) is 0 Å². The SMILES string of the molecule is CCCc1nc(CC(=O)Nc2ccccc2F)sc1C(=O)O. The highest BCUT2D eigenvalue weighted by molar-refractivity contribution is 7.13. The standard InChI is InChI=1S/C15H15FN2O3S/c1-2-5-11-14(15(20)21)22-13(18-11)8-12(19)17-10-7-4-3-6-9(10)16/h3-4,6-7H,2,5,8H2,1H3,(H,17,19)(H,20,21). The molecule has 0 saturated carbocycles. The van der Waals surface area contributed by atoms with Crippen molar-refractivity contribution in [2.24, 2.45) is 0 Å². The minimum atomic E-state index is -1.04. The molecule has 1 aromatic carbocycles. The van der Waals surface area contributed by atoms with E-state index >= 15 is 0 Å². The van der Waals surface area contributed by atoms with Gasteiger partial charge in [-0.05, 0) is 18.6 Å². The Morgan fingerprint density at radius 2 is 2.09 bits per heavy atom. The monoisotopic (exact) mass is 322 g/mol. The Morgan fingerprint density at radius 1 is 1.36 bits per heavy atom. The highest BCUT2D eigenvalue weighted by Crippen LogP contribution is 2.21. The van der Waals surface area contributed by atoms with E-state index in [1.165, 1.54) is 18.2 Å². The molecule has 1 aromatic heterocycles. The number of rotatable bonds is 6. The molecule has 0 atom stereocenters. The normalized spacial score (nSPS) is 10.5. The Morgan fingerprint density at radius 3 is 2.73 bits per heavy atom. The van der Waals surface area contributed by atoms with Crippen LogP contribution in [0, 0.1) is 5.82 Å². The van der Waals surface area contributed by atoms with Crippen LogP contribution in [0.2, 0.25) is 0 Å². The molecule has 0 unspecified atom stereocenters. The van der Waals surface area contributed by atoms with Gasteiger partial charge in [-0.1, -0.05) is 25.5 Å². The summed E-state index contributed by atoms with van der Waals surface area (Å²) in [6, 6.07) is 5.85. The Labute approximate surface area is 130 Å². The van der Waals surface area contributed by atoms with Crippen LogP contribution in [-0.2, 0) is 17.6 Å². The first-order valence-corrected chi connectivity index (χ1v) is 7.59. The van der Waals surface area contributed by atoms with Gasteiger partial charge in [0.15, 0.2) is 0 Å². The molecule has 2 rings (SSSR count). The lowest BCUT2D eigenvalue weighted by atomic mass is 10.2. The molecule has 116 valence electrons. The maximum absolute atomic E-state index is 13.5.